The zero-order chi connectivity index (χ0) is 43.0. The number of hydrogen-bond donors (Lipinski definition) is 0. The SMILES string of the molecule is CC/C=C\C/C=C\C/C=C\C/C=C\CCCCCCCCC(=O)OCC(COC(=O)CCCCCCCCCC)OC(=O)CCCCCCC/C=C\CCCCCCC. The predicted molar refractivity (Wildman–Crippen MR) is 251 cm³/mol. The number of allylic oxidation sites excluding steroid dienone is 10. The van der Waals surface area contributed by atoms with Gasteiger partial charge in [0.1, 0.15) is 13.2 Å². The third-order valence-electron chi connectivity index (χ3n) is 10.5. The highest BCUT2D eigenvalue weighted by Gasteiger charge is 2.19. The molecule has 0 N–H and O–H groups in total. The Balaban J connectivity index is 4.33. The van der Waals surface area contributed by atoms with E-state index in [-0.39, 0.29) is 31.1 Å². The van der Waals surface area contributed by atoms with Crippen LogP contribution in [-0.4, -0.2) is 37.2 Å². The Morgan fingerprint density at radius 3 is 1.05 bits per heavy atom. The van der Waals surface area contributed by atoms with Crippen molar-refractivity contribution in [3.8, 4) is 0 Å². The normalized spacial score (nSPS) is 12.5. The fourth-order valence-electron chi connectivity index (χ4n) is 6.78. The zero-order valence-corrected chi connectivity index (χ0v) is 38.8. The first-order valence-electron chi connectivity index (χ1n) is 24.8. The molecule has 0 aromatic rings. The lowest BCUT2D eigenvalue weighted by molar-refractivity contribution is -0.167. The summed E-state index contributed by atoms with van der Waals surface area (Å²) in [6.07, 6.45) is 57.8. The highest BCUT2D eigenvalue weighted by Crippen LogP contribution is 2.14. The minimum absolute atomic E-state index is 0.0813. The minimum atomic E-state index is -0.780. The van der Waals surface area contributed by atoms with E-state index in [1.807, 2.05) is 0 Å². The lowest BCUT2D eigenvalue weighted by Crippen LogP contribution is -2.30. The minimum Gasteiger partial charge on any atom is -0.462 e. The zero-order valence-electron chi connectivity index (χ0n) is 38.8. The quantitative estimate of drug-likeness (QED) is 0.0263. The molecule has 6 nitrogen and oxygen atoms in total. The molecular weight excluding hydrogens is 733 g/mol. The average Bonchev–Trinajstić information content (AvgIpc) is 3.23. The molecule has 6 heteroatoms. The number of unbranched alkanes of at least 4 members (excludes halogenated alkanes) is 23. The maximum Gasteiger partial charge on any atom is 0.306 e. The molecule has 0 spiro atoms. The van der Waals surface area contributed by atoms with Crippen LogP contribution in [0.3, 0.4) is 0 Å². The lowest BCUT2D eigenvalue weighted by Gasteiger charge is -2.18. The molecule has 0 aromatic carbocycles. The van der Waals surface area contributed by atoms with E-state index >= 15 is 0 Å². The van der Waals surface area contributed by atoms with Crippen molar-refractivity contribution in [3.63, 3.8) is 0 Å². The smallest absolute Gasteiger partial charge is 0.306 e. The van der Waals surface area contributed by atoms with Gasteiger partial charge in [0.2, 0.25) is 0 Å². The highest BCUT2D eigenvalue weighted by molar-refractivity contribution is 5.71. The molecule has 0 saturated heterocycles. The molecular formula is C53H92O6. The van der Waals surface area contributed by atoms with Crippen molar-refractivity contribution in [2.24, 2.45) is 0 Å². The average molecular weight is 825 g/mol. The van der Waals surface area contributed by atoms with E-state index in [1.165, 1.54) is 96.3 Å². The van der Waals surface area contributed by atoms with Gasteiger partial charge >= 0.3 is 17.9 Å². The number of carbonyl (C=O) groups excluding carboxylic acids is 3. The molecule has 0 aromatic heterocycles. The van der Waals surface area contributed by atoms with E-state index in [4.69, 9.17) is 14.2 Å². The van der Waals surface area contributed by atoms with Crippen LogP contribution in [-0.2, 0) is 28.6 Å². The molecule has 59 heavy (non-hydrogen) atoms. The van der Waals surface area contributed by atoms with Crippen molar-refractivity contribution in [2.75, 3.05) is 13.2 Å². The topological polar surface area (TPSA) is 78.9 Å². The molecule has 1 atom stereocenters. The van der Waals surface area contributed by atoms with Crippen LogP contribution in [0.2, 0.25) is 0 Å². The second-order valence-corrected chi connectivity index (χ2v) is 16.3. The van der Waals surface area contributed by atoms with E-state index in [2.05, 4.69) is 81.5 Å². The van der Waals surface area contributed by atoms with Crippen LogP contribution in [0.4, 0.5) is 0 Å². The summed E-state index contributed by atoms with van der Waals surface area (Å²) in [5, 5.41) is 0. The van der Waals surface area contributed by atoms with E-state index < -0.39 is 6.10 Å². The summed E-state index contributed by atoms with van der Waals surface area (Å²) in [6.45, 7) is 6.47. The third kappa shape index (κ3) is 46.0. The van der Waals surface area contributed by atoms with Crippen molar-refractivity contribution in [1.82, 2.24) is 0 Å². The summed E-state index contributed by atoms with van der Waals surface area (Å²) in [7, 11) is 0. The summed E-state index contributed by atoms with van der Waals surface area (Å²) in [5.41, 5.74) is 0. The van der Waals surface area contributed by atoms with Crippen LogP contribution >= 0.6 is 0 Å². The molecule has 1 unspecified atom stereocenters. The van der Waals surface area contributed by atoms with E-state index in [9.17, 15) is 14.4 Å². The Labute approximate surface area is 364 Å². The van der Waals surface area contributed by atoms with E-state index in [1.54, 1.807) is 0 Å². The summed E-state index contributed by atoms with van der Waals surface area (Å²) >= 11 is 0. The van der Waals surface area contributed by atoms with Gasteiger partial charge in [0.05, 0.1) is 0 Å². The number of carbonyl (C=O) groups is 3. The van der Waals surface area contributed by atoms with Gasteiger partial charge in [-0.05, 0) is 83.5 Å². The van der Waals surface area contributed by atoms with Crippen molar-refractivity contribution >= 4 is 17.9 Å². The highest BCUT2D eigenvalue weighted by atomic mass is 16.6. The Morgan fingerprint density at radius 1 is 0.356 bits per heavy atom. The van der Waals surface area contributed by atoms with Crippen LogP contribution < -0.4 is 0 Å². The first-order chi connectivity index (χ1) is 29.0. The molecule has 0 saturated carbocycles. The molecule has 0 rings (SSSR count). The van der Waals surface area contributed by atoms with E-state index in [0.29, 0.717) is 19.3 Å². The number of ether oxygens (including phenoxy) is 3. The van der Waals surface area contributed by atoms with Gasteiger partial charge in [0, 0.05) is 19.3 Å². The first kappa shape index (κ1) is 56.1. The number of hydrogen-bond acceptors (Lipinski definition) is 6. The van der Waals surface area contributed by atoms with Crippen molar-refractivity contribution in [2.45, 2.75) is 245 Å². The maximum atomic E-state index is 12.7. The van der Waals surface area contributed by atoms with Crippen LogP contribution in [0.15, 0.2) is 60.8 Å². The van der Waals surface area contributed by atoms with Crippen molar-refractivity contribution in [3.05, 3.63) is 60.8 Å². The molecule has 0 aliphatic carbocycles. The fraction of sp³-hybridized carbons (Fsp3) is 0.755. The first-order valence-corrected chi connectivity index (χ1v) is 24.8. The molecule has 0 fully saturated rings. The van der Waals surface area contributed by atoms with Crippen LogP contribution in [0.1, 0.15) is 239 Å². The molecule has 340 valence electrons. The number of rotatable bonds is 44. The molecule has 0 bridgehead atoms. The molecule has 0 radical (unpaired) electrons. The Kier molecular flexibility index (Phi) is 45.4. The van der Waals surface area contributed by atoms with Gasteiger partial charge in [-0.3, -0.25) is 14.4 Å². The maximum absolute atomic E-state index is 12.7. The molecule has 0 amide bonds. The summed E-state index contributed by atoms with van der Waals surface area (Å²) in [5.74, 6) is -0.907. The van der Waals surface area contributed by atoms with Crippen molar-refractivity contribution in [1.29, 1.82) is 0 Å². The van der Waals surface area contributed by atoms with Gasteiger partial charge in [0.15, 0.2) is 6.10 Å². The fourth-order valence-corrected chi connectivity index (χ4v) is 6.78. The van der Waals surface area contributed by atoms with Gasteiger partial charge < -0.3 is 14.2 Å². The second-order valence-electron chi connectivity index (χ2n) is 16.3. The monoisotopic (exact) mass is 825 g/mol. The summed E-state index contributed by atoms with van der Waals surface area (Å²) in [4.78, 5) is 37.8. The van der Waals surface area contributed by atoms with Gasteiger partial charge in [-0.2, -0.15) is 0 Å². The second kappa shape index (κ2) is 47.8. The predicted octanol–water partition coefficient (Wildman–Crippen LogP) is 16.1. The molecule has 0 aliphatic heterocycles. The van der Waals surface area contributed by atoms with Gasteiger partial charge in [0.25, 0.3) is 0 Å². The Bertz CT molecular complexity index is 1090. The van der Waals surface area contributed by atoms with Crippen LogP contribution in [0.25, 0.3) is 0 Å². The molecule has 0 heterocycles. The van der Waals surface area contributed by atoms with Gasteiger partial charge in [-0.15, -0.1) is 0 Å². The van der Waals surface area contributed by atoms with E-state index in [0.717, 1.165) is 103 Å². The van der Waals surface area contributed by atoms with Crippen LogP contribution in [0, 0.1) is 0 Å². The van der Waals surface area contributed by atoms with Crippen LogP contribution in [0.5, 0.6) is 0 Å². The standard InChI is InChI=1S/C53H92O6/c1-4-7-10-13-16-19-21-23-25-26-27-28-29-31-32-34-37-40-43-46-52(55)58-49-50(48-57-51(54)45-42-39-36-18-15-12-9-6-3)59-53(56)47-44-41-38-35-33-30-24-22-20-17-14-11-8-5-2/h7,10,16,19,22-25,27-28,50H,4-6,8-9,11-15,17-18,20-21,26,29-49H2,1-3H3/b10-7-,19-16-,24-22-,25-23-,28-27-. The summed E-state index contributed by atoms with van der Waals surface area (Å²) in [6, 6.07) is 0. The van der Waals surface area contributed by atoms with Crippen molar-refractivity contribution < 1.29 is 28.6 Å². The largest absolute Gasteiger partial charge is 0.462 e. The lowest BCUT2D eigenvalue weighted by atomic mass is 10.1. The summed E-state index contributed by atoms with van der Waals surface area (Å²) < 4.78 is 16.7. The van der Waals surface area contributed by atoms with Gasteiger partial charge in [-0.25, -0.2) is 0 Å². The third-order valence-corrected chi connectivity index (χ3v) is 10.5. The number of esters is 3. The Hall–Kier alpha value is -2.89. The van der Waals surface area contributed by atoms with Gasteiger partial charge in [-0.1, -0.05) is 197 Å². The Morgan fingerprint density at radius 2 is 0.661 bits per heavy atom. The molecule has 0 aliphatic rings.